The largest absolute Gasteiger partial charge is 0.411 e. The van der Waals surface area contributed by atoms with Crippen LogP contribution in [0.3, 0.4) is 0 Å². The van der Waals surface area contributed by atoms with Gasteiger partial charge in [0.15, 0.2) is 0 Å². The average molecular weight is 234 g/mol. The molecule has 1 aliphatic rings. The number of ether oxygens (including phenoxy) is 1. The molecule has 1 unspecified atom stereocenters. The van der Waals surface area contributed by atoms with Gasteiger partial charge in [-0.1, -0.05) is 35.5 Å². The minimum Gasteiger partial charge on any atom is -0.411 e. The number of oxime groups is 1. The van der Waals surface area contributed by atoms with Crippen LogP contribution >= 0.6 is 0 Å². The Labute approximate surface area is 101 Å². The van der Waals surface area contributed by atoms with Crippen molar-refractivity contribution in [1.29, 1.82) is 0 Å². The van der Waals surface area contributed by atoms with Crippen molar-refractivity contribution < 1.29 is 9.94 Å². The van der Waals surface area contributed by atoms with Crippen LogP contribution in [0, 0.1) is 0 Å². The molecule has 4 nitrogen and oxygen atoms in total. The minimum atomic E-state index is -0.0857. The molecular formula is C13H18N2O2. The molecule has 0 aromatic heterocycles. The van der Waals surface area contributed by atoms with Gasteiger partial charge in [0, 0.05) is 19.6 Å². The lowest BCUT2D eigenvalue weighted by Crippen LogP contribution is -2.44. The minimum absolute atomic E-state index is 0.0857. The summed E-state index contributed by atoms with van der Waals surface area (Å²) in [5, 5.41) is 12.0. The maximum Gasteiger partial charge on any atom is 0.111 e. The lowest BCUT2D eigenvalue weighted by Gasteiger charge is -2.32. The van der Waals surface area contributed by atoms with Crippen LogP contribution in [0.1, 0.15) is 12.5 Å². The zero-order valence-electron chi connectivity index (χ0n) is 10.0. The van der Waals surface area contributed by atoms with Gasteiger partial charge < -0.3 is 9.94 Å². The van der Waals surface area contributed by atoms with Crippen LogP contribution in [0.2, 0.25) is 0 Å². The summed E-state index contributed by atoms with van der Waals surface area (Å²) in [5.41, 5.74) is 1.94. The topological polar surface area (TPSA) is 45.1 Å². The number of hydrogen-bond donors (Lipinski definition) is 1. The summed E-state index contributed by atoms with van der Waals surface area (Å²) < 4.78 is 5.57. The summed E-state index contributed by atoms with van der Waals surface area (Å²) in [7, 11) is 0. The van der Waals surface area contributed by atoms with Crippen molar-refractivity contribution >= 4 is 5.71 Å². The van der Waals surface area contributed by atoms with Crippen LogP contribution in [0.5, 0.6) is 0 Å². The molecule has 1 N–H and O–H groups in total. The molecule has 1 aromatic carbocycles. The summed E-state index contributed by atoms with van der Waals surface area (Å²) in [6.45, 7) is 5.09. The van der Waals surface area contributed by atoms with Crippen molar-refractivity contribution in [2.45, 2.75) is 19.6 Å². The quantitative estimate of drug-likeness (QED) is 0.492. The van der Waals surface area contributed by atoms with Gasteiger partial charge in [-0.25, -0.2) is 0 Å². The SMILES string of the molecule is C/C(=N\O)C1CN(Cc2ccccc2)CCO1. The smallest absolute Gasteiger partial charge is 0.111 e. The first-order valence-electron chi connectivity index (χ1n) is 5.86. The molecule has 2 rings (SSSR count). The van der Waals surface area contributed by atoms with Gasteiger partial charge in [-0.05, 0) is 12.5 Å². The molecule has 0 aliphatic carbocycles. The molecule has 4 heteroatoms. The van der Waals surface area contributed by atoms with E-state index in [9.17, 15) is 0 Å². The molecule has 0 saturated carbocycles. The second kappa shape index (κ2) is 5.80. The molecule has 92 valence electrons. The van der Waals surface area contributed by atoms with Gasteiger partial charge in [0.05, 0.1) is 12.3 Å². The Bertz CT molecular complexity index is 378. The van der Waals surface area contributed by atoms with Gasteiger partial charge in [0.2, 0.25) is 0 Å². The second-order valence-electron chi connectivity index (χ2n) is 4.32. The van der Waals surface area contributed by atoms with Gasteiger partial charge in [-0.15, -0.1) is 0 Å². The lowest BCUT2D eigenvalue weighted by molar-refractivity contribution is 0.00175. The highest BCUT2D eigenvalue weighted by Crippen LogP contribution is 2.11. The van der Waals surface area contributed by atoms with Crippen LogP contribution in [0.15, 0.2) is 35.5 Å². The maximum atomic E-state index is 8.75. The molecule has 0 spiro atoms. The molecule has 0 bridgehead atoms. The summed E-state index contributed by atoms with van der Waals surface area (Å²) in [4.78, 5) is 2.32. The molecule has 1 aliphatic heterocycles. The third kappa shape index (κ3) is 3.28. The van der Waals surface area contributed by atoms with E-state index in [-0.39, 0.29) is 6.10 Å². The van der Waals surface area contributed by atoms with E-state index in [1.165, 1.54) is 5.56 Å². The summed E-state index contributed by atoms with van der Waals surface area (Å²) in [6.07, 6.45) is -0.0857. The van der Waals surface area contributed by atoms with E-state index in [1.807, 2.05) is 18.2 Å². The first-order chi connectivity index (χ1) is 8.29. The van der Waals surface area contributed by atoms with Gasteiger partial charge in [-0.3, -0.25) is 4.90 Å². The van der Waals surface area contributed by atoms with E-state index in [4.69, 9.17) is 9.94 Å². The molecule has 0 amide bonds. The lowest BCUT2D eigenvalue weighted by atomic mass is 10.1. The fourth-order valence-corrected chi connectivity index (χ4v) is 2.00. The van der Waals surface area contributed by atoms with Gasteiger partial charge in [-0.2, -0.15) is 0 Å². The highest BCUT2D eigenvalue weighted by Gasteiger charge is 2.22. The highest BCUT2D eigenvalue weighted by molar-refractivity contribution is 5.86. The highest BCUT2D eigenvalue weighted by atomic mass is 16.5. The van der Waals surface area contributed by atoms with Gasteiger partial charge >= 0.3 is 0 Å². The Morgan fingerprint density at radius 2 is 2.24 bits per heavy atom. The van der Waals surface area contributed by atoms with Crippen LogP contribution < -0.4 is 0 Å². The molecule has 17 heavy (non-hydrogen) atoms. The maximum absolute atomic E-state index is 8.75. The van der Waals surface area contributed by atoms with E-state index in [2.05, 4.69) is 22.2 Å². The van der Waals surface area contributed by atoms with Gasteiger partial charge in [0.1, 0.15) is 6.10 Å². The summed E-state index contributed by atoms with van der Waals surface area (Å²) in [5.74, 6) is 0. The summed E-state index contributed by atoms with van der Waals surface area (Å²) >= 11 is 0. The fraction of sp³-hybridized carbons (Fsp3) is 0.462. The first kappa shape index (κ1) is 12.1. The Kier molecular flexibility index (Phi) is 4.12. The summed E-state index contributed by atoms with van der Waals surface area (Å²) in [6, 6.07) is 10.4. The van der Waals surface area contributed by atoms with E-state index in [1.54, 1.807) is 6.92 Å². The van der Waals surface area contributed by atoms with Crippen molar-refractivity contribution in [3.05, 3.63) is 35.9 Å². The molecule has 0 radical (unpaired) electrons. The van der Waals surface area contributed by atoms with Crippen LogP contribution in [0.25, 0.3) is 0 Å². The van der Waals surface area contributed by atoms with E-state index < -0.39 is 0 Å². The molecule has 1 heterocycles. The Morgan fingerprint density at radius 3 is 2.94 bits per heavy atom. The predicted molar refractivity (Wildman–Crippen MR) is 66.4 cm³/mol. The Balaban J connectivity index is 1.94. The zero-order valence-corrected chi connectivity index (χ0v) is 10.0. The second-order valence-corrected chi connectivity index (χ2v) is 4.32. The van der Waals surface area contributed by atoms with Crippen LogP contribution in [0.4, 0.5) is 0 Å². The number of benzene rings is 1. The van der Waals surface area contributed by atoms with Crippen molar-refractivity contribution in [3.8, 4) is 0 Å². The van der Waals surface area contributed by atoms with Crippen LogP contribution in [-0.4, -0.2) is 41.6 Å². The first-order valence-corrected chi connectivity index (χ1v) is 5.86. The van der Waals surface area contributed by atoms with E-state index in [0.717, 1.165) is 19.6 Å². The monoisotopic (exact) mass is 234 g/mol. The third-order valence-corrected chi connectivity index (χ3v) is 3.02. The molecule has 1 aromatic rings. The van der Waals surface area contributed by atoms with Crippen molar-refractivity contribution in [2.75, 3.05) is 19.7 Å². The molecular weight excluding hydrogens is 216 g/mol. The standard InChI is InChI=1S/C13H18N2O2/c1-11(14-16)13-10-15(7-8-17-13)9-12-5-3-2-4-6-12/h2-6,13,16H,7-10H2,1H3/b14-11+. The number of hydrogen-bond acceptors (Lipinski definition) is 4. The number of nitrogens with zero attached hydrogens (tertiary/aromatic N) is 2. The average Bonchev–Trinajstić information content (AvgIpc) is 2.39. The number of morpholine rings is 1. The Hall–Kier alpha value is -1.39. The third-order valence-electron chi connectivity index (χ3n) is 3.02. The van der Waals surface area contributed by atoms with Crippen LogP contribution in [-0.2, 0) is 11.3 Å². The van der Waals surface area contributed by atoms with Crippen molar-refractivity contribution in [2.24, 2.45) is 5.16 Å². The number of rotatable bonds is 3. The normalized spacial score (nSPS) is 22.6. The molecule has 1 atom stereocenters. The predicted octanol–water partition coefficient (Wildman–Crippen LogP) is 1.74. The Morgan fingerprint density at radius 1 is 1.47 bits per heavy atom. The van der Waals surface area contributed by atoms with E-state index >= 15 is 0 Å². The molecule has 1 saturated heterocycles. The zero-order chi connectivity index (χ0) is 12.1. The van der Waals surface area contributed by atoms with E-state index in [0.29, 0.717) is 12.3 Å². The molecule has 1 fully saturated rings. The van der Waals surface area contributed by atoms with Crippen molar-refractivity contribution in [3.63, 3.8) is 0 Å². The van der Waals surface area contributed by atoms with Gasteiger partial charge in [0.25, 0.3) is 0 Å². The fourth-order valence-electron chi connectivity index (χ4n) is 2.00. The van der Waals surface area contributed by atoms with Crippen molar-refractivity contribution in [1.82, 2.24) is 4.90 Å².